The molecule has 0 spiro atoms. The van der Waals surface area contributed by atoms with Crippen molar-refractivity contribution in [3.8, 4) is 0 Å². The predicted octanol–water partition coefficient (Wildman–Crippen LogP) is 2.69. The summed E-state index contributed by atoms with van der Waals surface area (Å²) in [7, 11) is 1.55. The minimum atomic E-state index is -0.605. The molecule has 0 aliphatic heterocycles. The Bertz CT molecular complexity index is 931. The van der Waals surface area contributed by atoms with Crippen LogP contribution >= 0.6 is 0 Å². The lowest BCUT2D eigenvalue weighted by molar-refractivity contribution is -0.121. The summed E-state index contributed by atoms with van der Waals surface area (Å²) in [6.45, 7) is 1.50. The number of hydrogen-bond donors (Lipinski definition) is 3. The third-order valence-electron chi connectivity index (χ3n) is 5.47. The fourth-order valence-corrected chi connectivity index (χ4v) is 3.95. The van der Waals surface area contributed by atoms with Gasteiger partial charge in [0.15, 0.2) is 5.82 Å². The molecule has 1 aliphatic carbocycles. The number of hydrogen-bond acceptors (Lipinski definition) is 6. The van der Waals surface area contributed by atoms with Gasteiger partial charge in [0.25, 0.3) is 5.91 Å². The lowest BCUT2D eigenvalue weighted by atomic mass is 9.89. The molecular formula is C22H29N5O4. The van der Waals surface area contributed by atoms with Crippen molar-refractivity contribution in [2.45, 2.75) is 63.8 Å². The molecule has 3 rings (SSSR count). The van der Waals surface area contributed by atoms with E-state index < -0.39 is 5.54 Å². The van der Waals surface area contributed by atoms with Gasteiger partial charge in [0, 0.05) is 38.1 Å². The van der Waals surface area contributed by atoms with E-state index in [0.29, 0.717) is 23.0 Å². The van der Waals surface area contributed by atoms with Gasteiger partial charge in [-0.3, -0.25) is 14.4 Å². The minimum Gasteiger partial charge on any atom is -0.355 e. The van der Waals surface area contributed by atoms with Crippen molar-refractivity contribution in [1.82, 2.24) is 20.8 Å². The predicted molar refractivity (Wildman–Crippen MR) is 114 cm³/mol. The van der Waals surface area contributed by atoms with Crippen LogP contribution in [0.4, 0.5) is 5.69 Å². The van der Waals surface area contributed by atoms with Gasteiger partial charge in [0.2, 0.25) is 17.7 Å². The summed E-state index contributed by atoms with van der Waals surface area (Å²) in [6.07, 6.45) is 6.19. The number of nitrogens with one attached hydrogen (secondary N) is 3. The SMILES string of the molecule is CNC(=O)c1cccc(NC(=O)CCc2nc(C3(NC(C)=O)CCCCCC3)no2)c1. The Morgan fingerprint density at radius 2 is 1.87 bits per heavy atom. The fourth-order valence-electron chi connectivity index (χ4n) is 3.95. The number of carbonyl (C=O) groups excluding carboxylic acids is 3. The van der Waals surface area contributed by atoms with Crippen molar-refractivity contribution < 1.29 is 18.9 Å². The molecule has 3 N–H and O–H groups in total. The molecule has 9 heteroatoms. The van der Waals surface area contributed by atoms with Gasteiger partial charge in [-0.1, -0.05) is 36.9 Å². The van der Waals surface area contributed by atoms with Crippen molar-refractivity contribution in [2.24, 2.45) is 0 Å². The number of rotatable bonds is 7. The van der Waals surface area contributed by atoms with Gasteiger partial charge in [0.1, 0.15) is 5.54 Å². The number of benzene rings is 1. The second-order valence-corrected chi connectivity index (χ2v) is 7.90. The van der Waals surface area contributed by atoms with Gasteiger partial charge < -0.3 is 20.5 Å². The molecule has 1 aliphatic rings. The van der Waals surface area contributed by atoms with E-state index in [2.05, 4.69) is 26.1 Å². The second-order valence-electron chi connectivity index (χ2n) is 7.90. The molecule has 0 bridgehead atoms. The average Bonchev–Trinajstić information content (AvgIpc) is 3.12. The molecular weight excluding hydrogens is 398 g/mol. The van der Waals surface area contributed by atoms with E-state index >= 15 is 0 Å². The molecule has 9 nitrogen and oxygen atoms in total. The molecule has 1 fully saturated rings. The summed E-state index contributed by atoms with van der Waals surface area (Å²) in [4.78, 5) is 40.4. The van der Waals surface area contributed by atoms with Gasteiger partial charge in [-0.25, -0.2) is 0 Å². The lowest BCUT2D eigenvalue weighted by Gasteiger charge is -2.30. The van der Waals surface area contributed by atoms with E-state index in [9.17, 15) is 14.4 Å². The highest BCUT2D eigenvalue weighted by atomic mass is 16.5. The molecule has 1 heterocycles. The van der Waals surface area contributed by atoms with Crippen molar-refractivity contribution in [3.63, 3.8) is 0 Å². The Kier molecular flexibility index (Phi) is 7.38. The van der Waals surface area contributed by atoms with Crippen LogP contribution in [0.25, 0.3) is 0 Å². The maximum atomic E-state index is 12.3. The third-order valence-corrected chi connectivity index (χ3v) is 5.47. The summed E-state index contributed by atoms with van der Waals surface area (Å²) >= 11 is 0. The fraction of sp³-hybridized carbons (Fsp3) is 0.500. The van der Waals surface area contributed by atoms with E-state index in [1.165, 1.54) is 6.92 Å². The molecule has 166 valence electrons. The molecule has 1 saturated carbocycles. The monoisotopic (exact) mass is 427 g/mol. The van der Waals surface area contributed by atoms with Crippen LogP contribution in [0.5, 0.6) is 0 Å². The molecule has 0 radical (unpaired) electrons. The number of anilines is 1. The maximum Gasteiger partial charge on any atom is 0.251 e. The first-order valence-corrected chi connectivity index (χ1v) is 10.7. The summed E-state index contributed by atoms with van der Waals surface area (Å²) in [5, 5.41) is 12.5. The Hall–Kier alpha value is -3.23. The van der Waals surface area contributed by atoms with Crippen LogP contribution in [0.2, 0.25) is 0 Å². The number of carbonyl (C=O) groups is 3. The van der Waals surface area contributed by atoms with Crippen molar-refractivity contribution in [1.29, 1.82) is 0 Å². The zero-order valence-electron chi connectivity index (χ0n) is 18.0. The van der Waals surface area contributed by atoms with E-state index in [1.54, 1.807) is 31.3 Å². The van der Waals surface area contributed by atoms with E-state index in [0.717, 1.165) is 38.5 Å². The summed E-state index contributed by atoms with van der Waals surface area (Å²) in [6, 6.07) is 6.72. The summed E-state index contributed by atoms with van der Waals surface area (Å²) in [5.74, 6) is 0.282. The molecule has 1 aromatic heterocycles. The van der Waals surface area contributed by atoms with Gasteiger partial charge in [-0.2, -0.15) is 4.98 Å². The van der Waals surface area contributed by atoms with Crippen LogP contribution in [-0.4, -0.2) is 34.9 Å². The Labute approximate surface area is 181 Å². The molecule has 1 aromatic carbocycles. The number of nitrogens with zero attached hydrogens (tertiary/aromatic N) is 2. The van der Waals surface area contributed by atoms with Crippen LogP contribution in [0.1, 0.15) is 73.9 Å². The van der Waals surface area contributed by atoms with Crippen molar-refractivity contribution in [3.05, 3.63) is 41.5 Å². The van der Waals surface area contributed by atoms with Crippen molar-refractivity contribution in [2.75, 3.05) is 12.4 Å². The molecule has 3 amide bonds. The zero-order valence-corrected chi connectivity index (χ0v) is 18.0. The largest absolute Gasteiger partial charge is 0.355 e. The van der Waals surface area contributed by atoms with Crippen LogP contribution in [0.15, 0.2) is 28.8 Å². The number of amides is 3. The standard InChI is InChI=1S/C22H29N5O4/c1-15(28)26-22(12-5-3-4-6-13-22)21-25-19(31-27-21)11-10-18(29)24-17-9-7-8-16(14-17)20(30)23-2/h7-9,14H,3-6,10-13H2,1-2H3,(H,23,30)(H,24,29)(H,26,28). The lowest BCUT2D eigenvalue weighted by Crippen LogP contribution is -2.45. The minimum absolute atomic E-state index is 0.119. The van der Waals surface area contributed by atoms with Gasteiger partial charge >= 0.3 is 0 Å². The van der Waals surface area contributed by atoms with E-state index in [4.69, 9.17) is 4.52 Å². The highest BCUT2D eigenvalue weighted by Gasteiger charge is 2.38. The third kappa shape index (κ3) is 5.90. The molecule has 2 aromatic rings. The highest BCUT2D eigenvalue weighted by Crippen LogP contribution is 2.34. The Balaban J connectivity index is 1.62. The Morgan fingerprint density at radius 3 is 2.55 bits per heavy atom. The van der Waals surface area contributed by atoms with E-state index in [1.807, 2.05) is 0 Å². The summed E-state index contributed by atoms with van der Waals surface area (Å²) in [5.41, 5.74) is 0.404. The second kappa shape index (κ2) is 10.2. The molecule has 0 saturated heterocycles. The quantitative estimate of drug-likeness (QED) is 0.583. The molecule has 0 unspecified atom stereocenters. The summed E-state index contributed by atoms with van der Waals surface area (Å²) < 4.78 is 5.39. The number of aryl methyl sites for hydroxylation is 1. The van der Waals surface area contributed by atoms with Gasteiger partial charge in [-0.05, 0) is 31.0 Å². The van der Waals surface area contributed by atoms with E-state index in [-0.39, 0.29) is 30.6 Å². The maximum absolute atomic E-state index is 12.3. The van der Waals surface area contributed by atoms with Crippen LogP contribution < -0.4 is 16.0 Å². The topological polar surface area (TPSA) is 126 Å². The average molecular weight is 428 g/mol. The van der Waals surface area contributed by atoms with Crippen LogP contribution in [0.3, 0.4) is 0 Å². The highest BCUT2D eigenvalue weighted by molar-refractivity contribution is 5.97. The molecule has 31 heavy (non-hydrogen) atoms. The first-order valence-electron chi connectivity index (χ1n) is 10.7. The van der Waals surface area contributed by atoms with Crippen LogP contribution in [0, 0.1) is 0 Å². The number of aromatic nitrogens is 2. The smallest absolute Gasteiger partial charge is 0.251 e. The van der Waals surface area contributed by atoms with Gasteiger partial charge in [0.05, 0.1) is 0 Å². The van der Waals surface area contributed by atoms with Crippen LogP contribution in [-0.2, 0) is 21.5 Å². The molecule has 0 atom stereocenters. The first kappa shape index (κ1) is 22.5. The first-order chi connectivity index (χ1) is 14.9. The zero-order chi connectivity index (χ0) is 22.3. The van der Waals surface area contributed by atoms with Gasteiger partial charge in [-0.15, -0.1) is 0 Å². The van der Waals surface area contributed by atoms with Crippen molar-refractivity contribution >= 4 is 23.4 Å². The Morgan fingerprint density at radius 1 is 1.13 bits per heavy atom. The normalized spacial score (nSPS) is 15.5.